The zero-order valence-electron chi connectivity index (χ0n) is 30.7. The molecule has 0 spiro atoms. The molecular formula is C37H47N5O11S. The number of carbonyl (C=O) groups excluding carboxylic acids is 5. The predicted octanol–water partition coefficient (Wildman–Crippen LogP) is 2.84. The molecule has 16 nitrogen and oxygen atoms in total. The van der Waals surface area contributed by atoms with Gasteiger partial charge in [0.25, 0.3) is 5.91 Å². The molecule has 1 aromatic rings. The van der Waals surface area contributed by atoms with Crippen LogP contribution in [0.2, 0.25) is 0 Å². The van der Waals surface area contributed by atoms with Crippen molar-refractivity contribution in [2.24, 2.45) is 11.3 Å². The minimum absolute atomic E-state index is 0.0888. The average Bonchev–Trinajstić information content (AvgIpc) is 3.93. The lowest BCUT2D eigenvalue weighted by Crippen LogP contribution is -2.60. The van der Waals surface area contributed by atoms with Gasteiger partial charge in [0.2, 0.25) is 28.6 Å². The van der Waals surface area contributed by atoms with Crippen molar-refractivity contribution in [3.8, 4) is 11.5 Å². The van der Waals surface area contributed by atoms with E-state index in [2.05, 4.69) is 21.9 Å². The first kappa shape index (κ1) is 37.5. The number of hydrogen-bond acceptors (Lipinski definition) is 11. The van der Waals surface area contributed by atoms with Gasteiger partial charge in [0, 0.05) is 24.4 Å². The number of nitrogens with zero attached hydrogens (tertiary/aromatic N) is 2. The third-order valence-corrected chi connectivity index (χ3v) is 12.7. The molecule has 6 aliphatic rings. The Morgan fingerprint density at radius 1 is 1.09 bits per heavy atom. The standard InChI is InChI=1S/C37H47N5O11S/c1-5-22-16-37(22,33(45)40-54(48,49)24-11-12-24)39-31(43)27-15-23-18-42(27)32(44)30(36(2,3)4)38-34(46)50-13-9-7-6-8-10-25-26-19-41(35(47)53-23)17-21(26)14-28-29(25)52-20-51-28/h5,8,10,14,22-24,27,30H,1,6-7,9,11-13,15-20H2,2-4H3,(H,38,46)(H,39,43)(H,40,45)/b10-8-/t22-,23?,27-,30+,37-/m0/s1. The van der Waals surface area contributed by atoms with Crippen molar-refractivity contribution in [2.45, 2.75) is 108 Å². The van der Waals surface area contributed by atoms with Crippen LogP contribution in [0.3, 0.4) is 0 Å². The third kappa shape index (κ3) is 7.33. The second-order valence-electron chi connectivity index (χ2n) is 15.9. The molecule has 0 radical (unpaired) electrons. The van der Waals surface area contributed by atoms with E-state index in [-0.39, 0.29) is 45.9 Å². The third-order valence-electron chi connectivity index (χ3n) is 10.9. The number of fused-ring (bicyclic) bond motifs is 5. The summed E-state index contributed by atoms with van der Waals surface area (Å²) in [6.45, 7) is 9.52. The van der Waals surface area contributed by atoms with Gasteiger partial charge in [-0.1, -0.05) is 39.0 Å². The minimum Gasteiger partial charge on any atom is -0.454 e. The fourth-order valence-corrected chi connectivity index (χ4v) is 8.93. The van der Waals surface area contributed by atoms with Gasteiger partial charge < -0.3 is 34.5 Å². The number of sulfonamides is 1. The molecule has 5 atom stereocenters. The highest BCUT2D eigenvalue weighted by Crippen LogP contribution is 2.46. The number of cyclic esters (lactones) is 1. The van der Waals surface area contributed by atoms with E-state index >= 15 is 0 Å². The Bertz CT molecular complexity index is 1900. The highest BCUT2D eigenvalue weighted by molar-refractivity contribution is 7.91. The van der Waals surface area contributed by atoms with Crippen molar-refractivity contribution in [1.82, 2.24) is 25.2 Å². The van der Waals surface area contributed by atoms with Crippen LogP contribution < -0.4 is 24.8 Å². The summed E-state index contributed by atoms with van der Waals surface area (Å²) in [6.07, 6.45) is 5.87. The molecule has 4 bridgehead atoms. The lowest BCUT2D eigenvalue weighted by Gasteiger charge is -2.35. The van der Waals surface area contributed by atoms with E-state index in [4.69, 9.17) is 18.9 Å². The van der Waals surface area contributed by atoms with E-state index in [1.54, 1.807) is 20.8 Å². The van der Waals surface area contributed by atoms with E-state index in [0.29, 0.717) is 43.6 Å². The summed E-state index contributed by atoms with van der Waals surface area (Å²) in [7, 11) is -3.92. The van der Waals surface area contributed by atoms with Gasteiger partial charge >= 0.3 is 12.2 Å². The summed E-state index contributed by atoms with van der Waals surface area (Å²) in [5.74, 6) is -1.61. The number of rotatable bonds is 6. The molecule has 0 aromatic heterocycles. The van der Waals surface area contributed by atoms with Crippen LogP contribution in [0.25, 0.3) is 6.08 Å². The van der Waals surface area contributed by atoms with Gasteiger partial charge in [-0.05, 0) is 61.1 Å². The molecule has 1 saturated heterocycles. The second-order valence-corrected chi connectivity index (χ2v) is 17.9. The van der Waals surface area contributed by atoms with Crippen LogP contribution in [0.15, 0.2) is 24.8 Å². The lowest BCUT2D eigenvalue weighted by molar-refractivity contribution is -0.142. The molecule has 3 N–H and O–H groups in total. The normalized spacial score (nSPS) is 29.1. The largest absolute Gasteiger partial charge is 0.454 e. The zero-order chi connectivity index (χ0) is 38.6. The van der Waals surface area contributed by atoms with Crippen LogP contribution in [0, 0.1) is 11.3 Å². The summed E-state index contributed by atoms with van der Waals surface area (Å²) >= 11 is 0. The summed E-state index contributed by atoms with van der Waals surface area (Å²) in [4.78, 5) is 71.6. The Labute approximate surface area is 314 Å². The van der Waals surface area contributed by atoms with Crippen molar-refractivity contribution < 1.29 is 51.3 Å². The fraction of sp³-hybridized carbons (Fsp3) is 0.595. The molecule has 2 saturated carbocycles. The van der Waals surface area contributed by atoms with Crippen LogP contribution in [0.1, 0.15) is 82.4 Å². The molecule has 17 heteroatoms. The minimum atomic E-state index is -3.92. The number of allylic oxidation sites excluding steroid dienone is 1. The monoisotopic (exact) mass is 769 g/mol. The summed E-state index contributed by atoms with van der Waals surface area (Å²) < 4.78 is 50.4. The average molecular weight is 770 g/mol. The van der Waals surface area contributed by atoms with Crippen LogP contribution in [-0.2, 0) is 47.0 Å². The Morgan fingerprint density at radius 3 is 2.57 bits per heavy atom. The van der Waals surface area contributed by atoms with Gasteiger partial charge in [0.1, 0.15) is 23.7 Å². The number of carbonyl (C=O) groups is 5. The number of alkyl carbamates (subject to hydrolysis) is 1. The van der Waals surface area contributed by atoms with Gasteiger partial charge in [0.15, 0.2) is 11.5 Å². The first-order chi connectivity index (χ1) is 25.6. The molecule has 5 amide bonds. The highest BCUT2D eigenvalue weighted by Gasteiger charge is 2.62. The van der Waals surface area contributed by atoms with E-state index < -0.39 is 80.2 Å². The highest BCUT2D eigenvalue weighted by atomic mass is 32.2. The molecule has 54 heavy (non-hydrogen) atoms. The van der Waals surface area contributed by atoms with E-state index in [0.717, 1.165) is 16.7 Å². The first-order valence-electron chi connectivity index (χ1n) is 18.4. The van der Waals surface area contributed by atoms with Crippen molar-refractivity contribution in [1.29, 1.82) is 0 Å². The van der Waals surface area contributed by atoms with E-state index in [9.17, 15) is 32.4 Å². The topological polar surface area (TPSA) is 199 Å². The van der Waals surface area contributed by atoms with Gasteiger partial charge in [-0.25, -0.2) is 18.0 Å². The number of benzene rings is 1. The molecule has 2 aliphatic carbocycles. The van der Waals surface area contributed by atoms with Gasteiger partial charge in [-0.15, -0.1) is 6.58 Å². The fourth-order valence-electron chi connectivity index (χ4n) is 7.56. The zero-order valence-corrected chi connectivity index (χ0v) is 31.5. The summed E-state index contributed by atoms with van der Waals surface area (Å²) in [5.41, 5.74) is 0.137. The lowest BCUT2D eigenvalue weighted by atomic mass is 9.85. The number of amides is 5. The van der Waals surface area contributed by atoms with Gasteiger partial charge in [-0.3, -0.25) is 24.0 Å². The smallest absolute Gasteiger partial charge is 0.410 e. The summed E-state index contributed by atoms with van der Waals surface area (Å²) in [5, 5.41) is 4.76. The maximum atomic E-state index is 14.4. The van der Waals surface area contributed by atoms with Crippen molar-refractivity contribution in [3.63, 3.8) is 0 Å². The first-order valence-corrected chi connectivity index (χ1v) is 20.0. The van der Waals surface area contributed by atoms with Crippen molar-refractivity contribution >= 4 is 46.0 Å². The maximum absolute atomic E-state index is 14.4. The molecule has 1 aromatic carbocycles. The Hall–Kier alpha value is -4.80. The van der Waals surface area contributed by atoms with Crippen molar-refractivity contribution in [3.05, 3.63) is 41.5 Å². The van der Waals surface area contributed by atoms with Gasteiger partial charge in [0.05, 0.1) is 24.9 Å². The molecule has 1 unspecified atom stereocenters. The Balaban J connectivity index is 1.16. The quantitative estimate of drug-likeness (QED) is 0.360. The molecule has 7 rings (SSSR count). The molecule has 4 aliphatic heterocycles. The van der Waals surface area contributed by atoms with Crippen LogP contribution >= 0.6 is 0 Å². The molecule has 3 fully saturated rings. The number of hydrogen-bond donors (Lipinski definition) is 3. The Morgan fingerprint density at radius 2 is 1.87 bits per heavy atom. The summed E-state index contributed by atoms with van der Waals surface area (Å²) in [6, 6.07) is -0.533. The van der Waals surface area contributed by atoms with E-state index in [1.165, 1.54) is 15.9 Å². The predicted molar refractivity (Wildman–Crippen MR) is 192 cm³/mol. The van der Waals surface area contributed by atoms with Crippen LogP contribution in [-0.4, -0.2) is 97.0 Å². The Kier molecular flexibility index (Phi) is 9.81. The molecule has 292 valence electrons. The van der Waals surface area contributed by atoms with Crippen LogP contribution in [0.4, 0.5) is 9.59 Å². The van der Waals surface area contributed by atoms with Gasteiger partial charge in [-0.2, -0.15) is 0 Å². The molecular weight excluding hydrogens is 722 g/mol. The SMILES string of the molecule is C=C[C@H]1C[C@@]1(NC(=O)[C@@H]1CC2CN1C(=O)[C@H](C(C)(C)C)NC(=O)OCCCC/C=C\c1c3c(cc4c1OCO4)CN(C3)C(=O)O2)C(=O)NS(=O)(=O)C1CC1. The number of nitrogens with one attached hydrogen (secondary N) is 3. The maximum Gasteiger partial charge on any atom is 0.410 e. The molecule has 4 heterocycles. The van der Waals surface area contributed by atoms with Crippen LogP contribution in [0.5, 0.6) is 11.5 Å². The van der Waals surface area contributed by atoms with Crippen molar-refractivity contribution in [2.75, 3.05) is 19.9 Å². The number of ether oxygens (including phenoxy) is 4. The second kappa shape index (κ2) is 14.1. The van der Waals surface area contributed by atoms with E-state index in [1.807, 2.05) is 18.2 Å².